The highest BCUT2D eigenvalue weighted by Gasteiger charge is 2.37. The summed E-state index contributed by atoms with van der Waals surface area (Å²) in [5, 5.41) is 5.42. The Balaban J connectivity index is 2.39. The molecule has 1 aromatic rings. The van der Waals surface area contributed by atoms with Crippen LogP contribution in [0.25, 0.3) is 0 Å². The Labute approximate surface area is 213 Å². The number of primary amides is 1. The number of nitrogens with zero attached hydrogens (tertiary/aromatic N) is 1. The number of benzene rings is 1. The van der Waals surface area contributed by atoms with Crippen LogP contribution in [0.2, 0.25) is 0 Å². The number of hydrogen-bond acceptors (Lipinski definition) is 5. The molecule has 2 rings (SSSR count). The first-order valence-electron chi connectivity index (χ1n) is 12.4. The number of carbonyl (C=O) groups excluding carboxylic acids is 4. The van der Waals surface area contributed by atoms with E-state index in [4.69, 9.17) is 16.9 Å². The van der Waals surface area contributed by atoms with E-state index < -0.39 is 47.9 Å². The van der Waals surface area contributed by atoms with Gasteiger partial charge in [0.2, 0.25) is 11.8 Å². The minimum absolute atomic E-state index is 0.0142. The zero-order valence-electron chi connectivity index (χ0n) is 21.6. The number of aryl methyl sites for hydroxylation is 1. The fraction of sp³-hybridized carbons (Fsp3) is 0.556. The standard InChI is InChI=1S/C27H38N4O5/c1-6-18-13-15-19(16-14-18)23(24(33)29-20-11-9-8-10-12-20)31(7-2)25(34)21(17-22(28)32)30-26(35)36-27(3,4)5/h2,13-16,20-21,23H,6,8-12,17H2,1,3-5H3,(H2,28,32)(H,29,33)(H,30,35). The Morgan fingerprint density at radius 3 is 2.25 bits per heavy atom. The number of ether oxygens (including phenoxy) is 1. The van der Waals surface area contributed by atoms with E-state index in [-0.39, 0.29) is 6.04 Å². The SMILES string of the molecule is C#CN(C(=O)C(CC(N)=O)NC(=O)OC(C)(C)C)C(C(=O)NC1CCCCC1)c1ccc(CC)cc1. The first kappa shape index (κ1) is 28.7. The van der Waals surface area contributed by atoms with Gasteiger partial charge >= 0.3 is 6.09 Å². The normalized spacial score (nSPS) is 15.6. The number of rotatable bonds is 9. The lowest BCUT2D eigenvalue weighted by Gasteiger charge is -2.32. The molecule has 0 heterocycles. The maximum Gasteiger partial charge on any atom is 0.408 e. The minimum Gasteiger partial charge on any atom is -0.444 e. The molecule has 36 heavy (non-hydrogen) atoms. The summed E-state index contributed by atoms with van der Waals surface area (Å²) in [5.74, 6) is -2.06. The third-order valence-electron chi connectivity index (χ3n) is 5.93. The Kier molecular flexibility index (Phi) is 10.3. The zero-order chi connectivity index (χ0) is 26.9. The third-order valence-corrected chi connectivity index (χ3v) is 5.93. The van der Waals surface area contributed by atoms with E-state index in [2.05, 4.69) is 16.7 Å². The van der Waals surface area contributed by atoms with Crippen LogP contribution in [0.5, 0.6) is 0 Å². The summed E-state index contributed by atoms with van der Waals surface area (Å²) < 4.78 is 5.23. The highest BCUT2D eigenvalue weighted by molar-refractivity contribution is 5.95. The first-order valence-corrected chi connectivity index (χ1v) is 12.4. The molecule has 1 aromatic carbocycles. The van der Waals surface area contributed by atoms with Crippen molar-refractivity contribution in [3.63, 3.8) is 0 Å². The van der Waals surface area contributed by atoms with Gasteiger partial charge in [0.25, 0.3) is 5.91 Å². The van der Waals surface area contributed by atoms with E-state index in [1.807, 2.05) is 19.1 Å². The second-order valence-electron chi connectivity index (χ2n) is 10.0. The minimum atomic E-state index is -1.41. The smallest absolute Gasteiger partial charge is 0.408 e. The molecule has 4 amide bonds. The third kappa shape index (κ3) is 8.59. The van der Waals surface area contributed by atoms with E-state index in [1.165, 1.54) is 0 Å². The summed E-state index contributed by atoms with van der Waals surface area (Å²) in [6.07, 6.45) is 9.98. The average Bonchev–Trinajstić information content (AvgIpc) is 2.80. The van der Waals surface area contributed by atoms with E-state index in [0.717, 1.165) is 49.0 Å². The molecule has 9 nitrogen and oxygen atoms in total. The second kappa shape index (κ2) is 13.0. The van der Waals surface area contributed by atoms with Gasteiger partial charge in [0.15, 0.2) is 0 Å². The molecule has 1 saturated carbocycles. The summed E-state index contributed by atoms with van der Waals surface area (Å²) in [7, 11) is 0. The van der Waals surface area contributed by atoms with Crippen LogP contribution in [0.3, 0.4) is 0 Å². The number of carbonyl (C=O) groups is 4. The molecule has 2 unspecified atom stereocenters. The molecule has 2 atom stereocenters. The average molecular weight is 499 g/mol. The maximum absolute atomic E-state index is 13.6. The lowest BCUT2D eigenvalue weighted by Crippen LogP contribution is -2.53. The van der Waals surface area contributed by atoms with Crippen molar-refractivity contribution in [2.24, 2.45) is 5.73 Å². The fourth-order valence-corrected chi connectivity index (χ4v) is 4.16. The number of terminal acetylenes is 1. The van der Waals surface area contributed by atoms with Crippen molar-refractivity contribution in [3.8, 4) is 12.5 Å². The van der Waals surface area contributed by atoms with Gasteiger partial charge in [-0.15, -0.1) is 0 Å². The van der Waals surface area contributed by atoms with Crippen molar-refractivity contribution in [2.75, 3.05) is 0 Å². The van der Waals surface area contributed by atoms with Crippen LogP contribution in [0.1, 0.15) is 83.4 Å². The van der Waals surface area contributed by atoms with Crippen molar-refractivity contribution in [3.05, 3.63) is 35.4 Å². The molecule has 0 spiro atoms. The molecule has 0 radical (unpaired) electrons. The maximum atomic E-state index is 13.6. The topological polar surface area (TPSA) is 131 Å². The zero-order valence-corrected chi connectivity index (χ0v) is 21.6. The molecule has 0 bridgehead atoms. The molecule has 0 saturated heterocycles. The van der Waals surface area contributed by atoms with Gasteiger partial charge in [-0.3, -0.25) is 19.3 Å². The van der Waals surface area contributed by atoms with E-state index in [0.29, 0.717) is 5.56 Å². The van der Waals surface area contributed by atoms with Gasteiger partial charge < -0.3 is 21.1 Å². The molecule has 1 aliphatic rings. The highest BCUT2D eigenvalue weighted by atomic mass is 16.6. The van der Waals surface area contributed by atoms with E-state index in [9.17, 15) is 19.2 Å². The van der Waals surface area contributed by atoms with Crippen LogP contribution < -0.4 is 16.4 Å². The van der Waals surface area contributed by atoms with Gasteiger partial charge in [-0.25, -0.2) is 4.79 Å². The lowest BCUT2D eigenvalue weighted by atomic mass is 9.94. The molecule has 4 N–H and O–H groups in total. The number of nitrogens with one attached hydrogen (secondary N) is 2. The summed E-state index contributed by atoms with van der Waals surface area (Å²) in [6, 6.07) is 6.97. The largest absolute Gasteiger partial charge is 0.444 e. The van der Waals surface area contributed by atoms with Crippen molar-refractivity contribution < 1.29 is 23.9 Å². The summed E-state index contributed by atoms with van der Waals surface area (Å²) in [6.45, 7) is 7.00. The van der Waals surface area contributed by atoms with Crippen LogP contribution in [0, 0.1) is 12.5 Å². The number of nitrogens with two attached hydrogens (primary N) is 1. The Morgan fingerprint density at radius 2 is 1.75 bits per heavy atom. The molecule has 1 aliphatic carbocycles. The van der Waals surface area contributed by atoms with Gasteiger partial charge in [-0.2, -0.15) is 0 Å². The molecular formula is C27H38N4O5. The predicted molar refractivity (Wildman–Crippen MR) is 136 cm³/mol. The first-order chi connectivity index (χ1) is 16.9. The number of hydrogen-bond donors (Lipinski definition) is 3. The Morgan fingerprint density at radius 1 is 1.14 bits per heavy atom. The monoisotopic (exact) mass is 498 g/mol. The van der Waals surface area contributed by atoms with Gasteiger partial charge in [0.1, 0.15) is 17.7 Å². The van der Waals surface area contributed by atoms with Crippen molar-refractivity contribution in [1.82, 2.24) is 15.5 Å². The van der Waals surface area contributed by atoms with Crippen LogP contribution in [-0.4, -0.2) is 46.4 Å². The molecule has 0 aliphatic heterocycles. The van der Waals surface area contributed by atoms with Gasteiger partial charge in [-0.1, -0.05) is 56.9 Å². The molecular weight excluding hydrogens is 460 g/mol. The van der Waals surface area contributed by atoms with Crippen LogP contribution in [0.4, 0.5) is 4.79 Å². The summed E-state index contributed by atoms with van der Waals surface area (Å²) in [5.41, 5.74) is 6.08. The molecule has 1 fully saturated rings. The van der Waals surface area contributed by atoms with Crippen molar-refractivity contribution in [1.29, 1.82) is 0 Å². The quantitative estimate of drug-likeness (QED) is 0.356. The number of amides is 4. The van der Waals surface area contributed by atoms with Crippen molar-refractivity contribution in [2.45, 2.75) is 96.4 Å². The lowest BCUT2D eigenvalue weighted by molar-refractivity contribution is -0.139. The highest BCUT2D eigenvalue weighted by Crippen LogP contribution is 2.25. The van der Waals surface area contributed by atoms with E-state index >= 15 is 0 Å². The van der Waals surface area contributed by atoms with Gasteiger partial charge in [-0.05, 0) is 51.2 Å². The molecule has 9 heteroatoms. The predicted octanol–water partition coefficient (Wildman–Crippen LogP) is 2.93. The Hall–Kier alpha value is -3.54. The Bertz CT molecular complexity index is 971. The van der Waals surface area contributed by atoms with Crippen LogP contribution in [-0.2, 0) is 25.5 Å². The molecule has 0 aromatic heterocycles. The van der Waals surface area contributed by atoms with Gasteiger partial charge in [0, 0.05) is 12.1 Å². The fourth-order valence-electron chi connectivity index (χ4n) is 4.16. The number of alkyl carbamates (subject to hydrolysis) is 1. The second-order valence-corrected chi connectivity index (χ2v) is 10.0. The van der Waals surface area contributed by atoms with Crippen molar-refractivity contribution >= 4 is 23.8 Å². The van der Waals surface area contributed by atoms with Crippen LogP contribution in [0.15, 0.2) is 24.3 Å². The molecule has 196 valence electrons. The van der Waals surface area contributed by atoms with Gasteiger partial charge in [0.05, 0.1) is 6.42 Å². The van der Waals surface area contributed by atoms with E-state index in [1.54, 1.807) is 32.9 Å². The van der Waals surface area contributed by atoms with Crippen LogP contribution >= 0.6 is 0 Å². The summed E-state index contributed by atoms with van der Waals surface area (Å²) in [4.78, 5) is 52.1. The summed E-state index contributed by atoms with van der Waals surface area (Å²) >= 11 is 0.